The van der Waals surface area contributed by atoms with Crippen molar-refractivity contribution in [1.29, 1.82) is 0 Å². The van der Waals surface area contributed by atoms with E-state index < -0.39 is 12.1 Å². The Bertz CT molecular complexity index is 854. The van der Waals surface area contributed by atoms with Gasteiger partial charge < -0.3 is 14.9 Å². The molecule has 0 radical (unpaired) electrons. The van der Waals surface area contributed by atoms with Crippen LogP contribution in [0.2, 0.25) is 0 Å². The van der Waals surface area contributed by atoms with E-state index >= 15 is 0 Å². The minimum Gasteiger partial charge on any atom is -0.475 e. The van der Waals surface area contributed by atoms with E-state index in [0.29, 0.717) is 5.41 Å². The van der Waals surface area contributed by atoms with Crippen LogP contribution in [0.1, 0.15) is 29.6 Å². The molecule has 4 heterocycles. The van der Waals surface area contributed by atoms with Gasteiger partial charge in [-0.05, 0) is 42.2 Å². The summed E-state index contributed by atoms with van der Waals surface area (Å²) < 4.78 is 31.7. The van der Waals surface area contributed by atoms with Gasteiger partial charge in [0.25, 0.3) is 5.91 Å². The monoisotopic (exact) mass is 442 g/mol. The van der Waals surface area contributed by atoms with Crippen LogP contribution in [0.15, 0.2) is 35.3 Å². The number of carbonyl (C=O) groups is 2. The molecule has 2 saturated heterocycles. The van der Waals surface area contributed by atoms with Crippen molar-refractivity contribution in [2.75, 3.05) is 31.1 Å². The lowest BCUT2D eigenvalue weighted by Crippen LogP contribution is -2.44. The number of halogens is 3. The molecule has 1 N–H and O–H groups in total. The van der Waals surface area contributed by atoms with Crippen LogP contribution in [-0.4, -0.2) is 64.2 Å². The van der Waals surface area contributed by atoms with E-state index in [4.69, 9.17) is 9.90 Å². The molecule has 11 heteroatoms. The molecule has 0 saturated carbocycles. The first-order valence-corrected chi connectivity index (χ1v) is 10.3. The number of piperidine rings is 1. The van der Waals surface area contributed by atoms with Crippen molar-refractivity contribution in [3.8, 4) is 0 Å². The second-order valence-electron chi connectivity index (χ2n) is 7.33. The topological polar surface area (TPSA) is 86.6 Å². The molecular weight excluding hydrogens is 421 g/mol. The van der Waals surface area contributed by atoms with Crippen LogP contribution in [0.25, 0.3) is 0 Å². The van der Waals surface area contributed by atoms with E-state index in [-0.39, 0.29) is 5.91 Å². The Kier molecular flexibility index (Phi) is 6.59. The third-order valence-corrected chi connectivity index (χ3v) is 6.08. The Hall–Kier alpha value is -2.69. The first kappa shape index (κ1) is 22.0. The second kappa shape index (κ2) is 8.99. The predicted molar refractivity (Wildman–Crippen MR) is 104 cm³/mol. The molecule has 0 bridgehead atoms. The van der Waals surface area contributed by atoms with Crippen LogP contribution in [0.5, 0.6) is 0 Å². The summed E-state index contributed by atoms with van der Waals surface area (Å²) in [5.41, 5.74) is 1.15. The van der Waals surface area contributed by atoms with Gasteiger partial charge in [0.05, 0.1) is 5.56 Å². The summed E-state index contributed by atoms with van der Waals surface area (Å²) in [7, 11) is 0. The number of hydrogen-bond donors (Lipinski definition) is 1. The Balaban J connectivity index is 0.000000318. The van der Waals surface area contributed by atoms with Gasteiger partial charge in [0, 0.05) is 44.0 Å². The lowest BCUT2D eigenvalue weighted by molar-refractivity contribution is -0.192. The van der Waals surface area contributed by atoms with Crippen molar-refractivity contribution in [3.63, 3.8) is 0 Å². The first-order valence-electron chi connectivity index (χ1n) is 9.34. The number of carbonyl (C=O) groups excluding carboxylic acids is 1. The molecule has 4 rings (SSSR count). The van der Waals surface area contributed by atoms with Gasteiger partial charge in [0.1, 0.15) is 0 Å². The zero-order chi connectivity index (χ0) is 21.8. The standard InChI is InChI=1S/C17H20N4OS.C2HF3O2/c22-15(14-2-11-23-12-14)20-8-3-17(4-9-20)5-10-21(13-17)16-18-6-1-7-19-16;3-2(4,5)1(6)7/h1-2,6-7,11-12H,3-5,8-10,13H2;(H,6,7). The largest absolute Gasteiger partial charge is 0.490 e. The van der Waals surface area contributed by atoms with Gasteiger partial charge in [0.2, 0.25) is 5.95 Å². The van der Waals surface area contributed by atoms with Crippen LogP contribution >= 0.6 is 11.3 Å². The third-order valence-electron chi connectivity index (χ3n) is 5.40. The highest BCUT2D eigenvalue weighted by Gasteiger charge is 2.42. The van der Waals surface area contributed by atoms with Crippen molar-refractivity contribution in [2.24, 2.45) is 5.41 Å². The van der Waals surface area contributed by atoms with Crippen LogP contribution in [0, 0.1) is 5.41 Å². The average molecular weight is 442 g/mol. The summed E-state index contributed by atoms with van der Waals surface area (Å²) in [6, 6.07) is 3.77. The number of carboxylic acid groups (broad SMARTS) is 1. The second-order valence-corrected chi connectivity index (χ2v) is 8.11. The van der Waals surface area contributed by atoms with Gasteiger partial charge in [-0.25, -0.2) is 14.8 Å². The highest BCUT2D eigenvalue weighted by molar-refractivity contribution is 7.08. The van der Waals surface area contributed by atoms with Crippen molar-refractivity contribution >= 4 is 29.2 Å². The molecular formula is C19H21F3N4O3S. The number of anilines is 1. The minimum atomic E-state index is -5.08. The molecule has 2 aliphatic heterocycles. The molecule has 0 aliphatic carbocycles. The number of amides is 1. The van der Waals surface area contributed by atoms with E-state index in [0.717, 1.165) is 50.5 Å². The fraction of sp³-hybridized carbons (Fsp3) is 0.474. The Morgan fingerprint density at radius 1 is 1.10 bits per heavy atom. The maximum atomic E-state index is 12.5. The van der Waals surface area contributed by atoms with Gasteiger partial charge in [-0.3, -0.25) is 4.79 Å². The SMILES string of the molecule is O=C(O)C(F)(F)F.O=C(c1ccsc1)N1CCC2(CC1)CCN(c1ncccn1)C2. The molecule has 30 heavy (non-hydrogen) atoms. The lowest BCUT2D eigenvalue weighted by atomic mass is 9.77. The van der Waals surface area contributed by atoms with Gasteiger partial charge in [0.15, 0.2) is 0 Å². The van der Waals surface area contributed by atoms with Gasteiger partial charge in [-0.15, -0.1) is 0 Å². The summed E-state index contributed by atoms with van der Waals surface area (Å²) in [6.07, 6.45) is 1.84. The summed E-state index contributed by atoms with van der Waals surface area (Å²) in [4.78, 5) is 34.4. The van der Waals surface area contributed by atoms with Crippen molar-refractivity contribution < 1.29 is 27.9 Å². The fourth-order valence-electron chi connectivity index (χ4n) is 3.72. The number of hydrogen-bond acceptors (Lipinski definition) is 6. The maximum absolute atomic E-state index is 12.5. The summed E-state index contributed by atoms with van der Waals surface area (Å²) >= 11 is 1.58. The summed E-state index contributed by atoms with van der Waals surface area (Å²) in [6.45, 7) is 3.75. The number of thiophene rings is 1. The molecule has 0 unspecified atom stereocenters. The molecule has 1 spiro atoms. The minimum absolute atomic E-state index is 0.183. The van der Waals surface area contributed by atoms with Crippen LogP contribution in [0.3, 0.4) is 0 Å². The first-order chi connectivity index (χ1) is 14.2. The van der Waals surface area contributed by atoms with Crippen molar-refractivity contribution in [2.45, 2.75) is 25.4 Å². The number of aliphatic carboxylic acids is 1. The molecule has 7 nitrogen and oxygen atoms in total. The highest BCUT2D eigenvalue weighted by Crippen LogP contribution is 2.41. The number of aromatic nitrogens is 2. The quantitative estimate of drug-likeness (QED) is 0.768. The summed E-state index contributed by atoms with van der Waals surface area (Å²) in [5, 5.41) is 11.0. The average Bonchev–Trinajstić information content (AvgIpc) is 3.39. The van der Waals surface area contributed by atoms with E-state index in [2.05, 4.69) is 14.9 Å². The fourth-order valence-corrected chi connectivity index (χ4v) is 4.35. The molecule has 2 fully saturated rings. The molecule has 1 amide bonds. The van der Waals surface area contributed by atoms with E-state index in [1.165, 1.54) is 6.42 Å². The normalized spacial score (nSPS) is 18.1. The molecule has 2 aromatic heterocycles. The Morgan fingerprint density at radius 3 is 2.23 bits per heavy atom. The van der Waals surface area contributed by atoms with E-state index in [1.54, 1.807) is 23.7 Å². The smallest absolute Gasteiger partial charge is 0.475 e. The highest BCUT2D eigenvalue weighted by atomic mass is 32.1. The van der Waals surface area contributed by atoms with Gasteiger partial charge >= 0.3 is 12.1 Å². The van der Waals surface area contributed by atoms with E-state index in [1.807, 2.05) is 27.8 Å². The molecule has 162 valence electrons. The number of alkyl halides is 3. The third kappa shape index (κ3) is 5.26. The maximum Gasteiger partial charge on any atom is 0.490 e. The predicted octanol–water partition coefficient (Wildman–Crippen LogP) is 3.30. The zero-order valence-corrected chi connectivity index (χ0v) is 16.8. The van der Waals surface area contributed by atoms with Gasteiger partial charge in [-0.2, -0.15) is 24.5 Å². The molecule has 2 aromatic rings. The molecule has 0 atom stereocenters. The van der Waals surface area contributed by atoms with Crippen molar-refractivity contribution in [3.05, 3.63) is 40.8 Å². The number of rotatable bonds is 2. The molecule has 2 aliphatic rings. The van der Waals surface area contributed by atoms with Crippen LogP contribution in [0.4, 0.5) is 19.1 Å². The Morgan fingerprint density at radius 2 is 1.70 bits per heavy atom. The van der Waals surface area contributed by atoms with Crippen LogP contribution < -0.4 is 4.90 Å². The van der Waals surface area contributed by atoms with Crippen molar-refractivity contribution in [1.82, 2.24) is 14.9 Å². The molecule has 0 aromatic carbocycles. The number of nitrogens with zero attached hydrogens (tertiary/aromatic N) is 4. The van der Waals surface area contributed by atoms with Crippen LogP contribution in [-0.2, 0) is 4.79 Å². The van der Waals surface area contributed by atoms with E-state index in [9.17, 15) is 18.0 Å². The zero-order valence-electron chi connectivity index (χ0n) is 16.0. The van der Waals surface area contributed by atoms with Gasteiger partial charge in [-0.1, -0.05) is 0 Å². The lowest BCUT2D eigenvalue weighted by Gasteiger charge is -2.39. The number of carboxylic acids is 1. The number of likely N-dealkylation sites (tertiary alicyclic amines) is 1. The summed E-state index contributed by atoms with van der Waals surface area (Å²) in [5.74, 6) is -1.74. The Labute approximate surface area is 175 Å².